The molecule has 0 bridgehead atoms. The van der Waals surface area contributed by atoms with E-state index in [1.54, 1.807) is 0 Å². The van der Waals surface area contributed by atoms with E-state index in [9.17, 15) is 27.1 Å². The van der Waals surface area contributed by atoms with Gasteiger partial charge in [0.15, 0.2) is 0 Å². The molecule has 1 saturated carbocycles. The minimum atomic E-state index is -4.27. The molecule has 0 atom stereocenters. The van der Waals surface area contributed by atoms with Crippen LogP contribution in [0.25, 0.3) is 11.1 Å². The average molecular weight is 502 g/mol. The topological polar surface area (TPSA) is 83.9 Å². The molecule has 9 heteroatoms. The third-order valence-electron chi connectivity index (χ3n) is 6.42. The van der Waals surface area contributed by atoms with Gasteiger partial charge in [-0.2, -0.15) is 13.1 Å². The van der Waals surface area contributed by atoms with Crippen molar-refractivity contribution < 1.29 is 31.8 Å². The number of rotatable bonds is 9. The zero-order valence-corrected chi connectivity index (χ0v) is 19.8. The molecule has 35 heavy (non-hydrogen) atoms. The molecule has 0 radical (unpaired) electrons. The minimum Gasteiger partial charge on any atom is -0.480 e. The van der Waals surface area contributed by atoms with Crippen LogP contribution >= 0.6 is 0 Å². The molecule has 3 aromatic carbocycles. The first-order chi connectivity index (χ1) is 16.6. The molecule has 0 amide bonds. The van der Waals surface area contributed by atoms with Crippen LogP contribution in [0.2, 0.25) is 0 Å². The Balaban J connectivity index is 1.75. The SMILES string of the molecule is Cc1cc(C2(N(CC(=O)O)S(=O)(=O)c3ccc(OC(F)F)cc3)CCC2)ccc1-c1ccccc1. The molecule has 1 aliphatic carbocycles. The van der Waals surface area contributed by atoms with Crippen LogP contribution in [0.1, 0.15) is 30.4 Å². The lowest BCUT2D eigenvalue weighted by Crippen LogP contribution is -2.55. The Morgan fingerprint density at radius 2 is 1.71 bits per heavy atom. The Hall–Kier alpha value is -3.30. The number of alkyl halides is 2. The van der Waals surface area contributed by atoms with Gasteiger partial charge in [-0.05, 0) is 72.7 Å². The molecule has 4 rings (SSSR count). The summed E-state index contributed by atoms with van der Waals surface area (Å²) >= 11 is 0. The molecule has 0 heterocycles. The normalized spacial score (nSPS) is 15.1. The summed E-state index contributed by atoms with van der Waals surface area (Å²) in [5.74, 6) is -1.47. The van der Waals surface area contributed by atoms with Crippen LogP contribution in [0.3, 0.4) is 0 Å². The molecule has 6 nitrogen and oxygen atoms in total. The number of sulfonamides is 1. The van der Waals surface area contributed by atoms with Gasteiger partial charge in [-0.15, -0.1) is 0 Å². The van der Waals surface area contributed by atoms with Gasteiger partial charge in [0.25, 0.3) is 0 Å². The molecule has 1 N–H and O–H groups in total. The predicted octanol–water partition coefficient (Wildman–Crippen LogP) is 5.42. The maximum absolute atomic E-state index is 13.7. The second-order valence-electron chi connectivity index (χ2n) is 8.54. The van der Waals surface area contributed by atoms with Gasteiger partial charge < -0.3 is 9.84 Å². The molecule has 0 spiro atoms. The Morgan fingerprint density at radius 3 is 2.23 bits per heavy atom. The van der Waals surface area contributed by atoms with E-state index < -0.39 is 34.7 Å². The fourth-order valence-corrected chi connectivity index (χ4v) is 6.36. The van der Waals surface area contributed by atoms with Crippen LogP contribution in [0.5, 0.6) is 5.75 Å². The van der Waals surface area contributed by atoms with Crippen LogP contribution in [0.15, 0.2) is 77.7 Å². The molecule has 1 aliphatic rings. The highest BCUT2D eigenvalue weighted by molar-refractivity contribution is 7.89. The molecule has 1 fully saturated rings. The fourth-order valence-electron chi connectivity index (χ4n) is 4.60. The number of benzene rings is 3. The number of nitrogens with zero attached hydrogens (tertiary/aromatic N) is 1. The van der Waals surface area contributed by atoms with Crippen molar-refractivity contribution in [3.8, 4) is 16.9 Å². The summed E-state index contributed by atoms with van der Waals surface area (Å²) in [6.07, 6.45) is 1.68. The lowest BCUT2D eigenvalue weighted by atomic mass is 9.71. The molecule has 3 aromatic rings. The summed E-state index contributed by atoms with van der Waals surface area (Å²) < 4.78 is 57.6. The molecule has 0 saturated heterocycles. The van der Waals surface area contributed by atoms with E-state index in [1.165, 1.54) is 0 Å². The van der Waals surface area contributed by atoms with E-state index in [2.05, 4.69) is 4.74 Å². The summed E-state index contributed by atoms with van der Waals surface area (Å²) in [7, 11) is -4.27. The summed E-state index contributed by atoms with van der Waals surface area (Å²) in [5, 5.41) is 9.61. The van der Waals surface area contributed by atoms with E-state index in [4.69, 9.17) is 0 Å². The van der Waals surface area contributed by atoms with E-state index in [0.717, 1.165) is 57.2 Å². The van der Waals surface area contributed by atoms with Crippen molar-refractivity contribution in [1.82, 2.24) is 4.31 Å². The first-order valence-electron chi connectivity index (χ1n) is 11.1. The summed E-state index contributed by atoms with van der Waals surface area (Å²) in [5.41, 5.74) is 2.69. The monoisotopic (exact) mass is 501 g/mol. The molecule has 0 unspecified atom stereocenters. The number of carbonyl (C=O) groups is 1. The number of aliphatic carboxylic acids is 1. The van der Waals surface area contributed by atoms with Gasteiger partial charge in [0, 0.05) is 0 Å². The number of hydrogen-bond acceptors (Lipinski definition) is 4. The van der Waals surface area contributed by atoms with E-state index >= 15 is 0 Å². The standard InChI is InChI=1S/C26H25F2NO5S/c1-18-16-20(8-13-23(18)19-6-3-2-4-7-19)26(14-5-15-26)29(17-24(30)31)35(32,33)22-11-9-21(10-12-22)34-25(27)28/h2-4,6-13,16,25H,5,14-15,17H2,1H3,(H,30,31). The van der Waals surface area contributed by atoms with Crippen molar-refractivity contribution in [3.63, 3.8) is 0 Å². The van der Waals surface area contributed by atoms with Crippen molar-refractivity contribution >= 4 is 16.0 Å². The maximum atomic E-state index is 13.7. The smallest absolute Gasteiger partial charge is 0.387 e. The largest absolute Gasteiger partial charge is 0.480 e. The van der Waals surface area contributed by atoms with Gasteiger partial charge in [-0.25, -0.2) is 8.42 Å². The third-order valence-corrected chi connectivity index (χ3v) is 8.35. The number of hydrogen-bond donors (Lipinski definition) is 1. The number of carboxylic acid groups (broad SMARTS) is 1. The Morgan fingerprint density at radius 1 is 1.06 bits per heavy atom. The second kappa shape index (κ2) is 9.75. The Bertz CT molecular complexity index is 1310. The summed E-state index contributed by atoms with van der Waals surface area (Å²) in [4.78, 5) is 11.6. The maximum Gasteiger partial charge on any atom is 0.387 e. The Labute approximate surface area is 202 Å². The quantitative estimate of drug-likeness (QED) is 0.423. The van der Waals surface area contributed by atoms with Gasteiger partial charge in [-0.3, -0.25) is 4.79 Å². The van der Waals surface area contributed by atoms with E-state index in [0.29, 0.717) is 12.8 Å². The van der Waals surface area contributed by atoms with Crippen LogP contribution in [-0.4, -0.2) is 37.0 Å². The van der Waals surface area contributed by atoms with Gasteiger partial charge in [0.2, 0.25) is 10.0 Å². The predicted molar refractivity (Wildman–Crippen MR) is 127 cm³/mol. The van der Waals surface area contributed by atoms with Crippen molar-refractivity contribution in [3.05, 3.63) is 83.9 Å². The zero-order chi connectivity index (χ0) is 25.2. The lowest BCUT2D eigenvalue weighted by molar-refractivity contribution is -0.139. The molecular formula is C26H25F2NO5S. The number of aryl methyl sites for hydroxylation is 1. The number of carboxylic acids is 1. The van der Waals surface area contributed by atoms with Crippen LogP contribution < -0.4 is 4.74 Å². The van der Waals surface area contributed by atoms with Gasteiger partial charge in [0.1, 0.15) is 12.3 Å². The fraction of sp³-hybridized carbons (Fsp3) is 0.269. The van der Waals surface area contributed by atoms with Gasteiger partial charge in [-0.1, -0.05) is 48.5 Å². The van der Waals surface area contributed by atoms with Crippen LogP contribution in [-0.2, 0) is 20.4 Å². The van der Waals surface area contributed by atoms with Gasteiger partial charge >= 0.3 is 12.6 Å². The number of halogens is 2. The van der Waals surface area contributed by atoms with E-state index in [1.807, 2.05) is 55.5 Å². The van der Waals surface area contributed by atoms with Crippen molar-refractivity contribution in [2.75, 3.05) is 6.54 Å². The minimum absolute atomic E-state index is 0.186. The third kappa shape index (κ3) is 4.92. The zero-order valence-electron chi connectivity index (χ0n) is 19.0. The first kappa shape index (κ1) is 24.8. The number of ether oxygens (including phenoxy) is 1. The van der Waals surface area contributed by atoms with Crippen molar-refractivity contribution in [1.29, 1.82) is 0 Å². The molecule has 184 valence electrons. The highest BCUT2D eigenvalue weighted by Crippen LogP contribution is 2.49. The van der Waals surface area contributed by atoms with Crippen LogP contribution in [0, 0.1) is 6.92 Å². The molecule has 0 aliphatic heterocycles. The Kier molecular flexibility index (Phi) is 6.91. The lowest BCUT2D eigenvalue weighted by Gasteiger charge is -2.49. The van der Waals surface area contributed by atoms with Crippen LogP contribution in [0.4, 0.5) is 8.78 Å². The highest BCUT2D eigenvalue weighted by Gasteiger charge is 2.50. The molecule has 0 aromatic heterocycles. The van der Waals surface area contributed by atoms with Crippen molar-refractivity contribution in [2.24, 2.45) is 0 Å². The molecular weight excluding hydrogens is 476 g/mol. The highest BCUT2D eigenvalue weighted by atomic mass is 32.2. The van der Waals surface area contributed by atoms with E-state index in [-0.39, 0.29) is 10.6 Å². The van der Waals surface area contributed by atoms with Crippen molar-refractivity contribution in [2.45, 2.75) is 43.2 Å². The van der Waals surface area contributed by atoms with Gasteiger partial charge in [0.05, 0.1) is 10.4 Å². The summed E-state index contributed by atoms with van der Waals surface area (Å²) in [6, 6.07) is 20.1. The summed E-state index contributed by atoms with van der Waals surface area (Å²) in [6.45, 7) is -1.83. The second-order valence-corrected chi connectivity index (χ2v) is 10.4. The average Bonchev–Trinajstić information content (AvgIpc) is 2.78. The first-order valence-corrected chi connectivity index (χ1v) is 12.5.